The van der Waals surface area contributed by atoms with E-state index in [1.807, 2.05) is 24.3 Å². The number of benzene rings is 1. The summed E-state index contributed by atoms with van der Waals surface area (Å²) >= 11 is 5.85. The fraction of sp³-hybridized carbons (Fsp3) is 0.455. The molecule has 1 rings (SSSR count). The van der Waals surface area contributed by atoms with Crippen molar-refractivity contribution in [3.8, 4) is 0 Å². The van der Waals surface area contributed by atoms with Gasteiger partial charge >= 0.3 is 0 Å². The Morgan fingerprint density at radius 1 is 1.38 bits per heavy atom. The molecule has 0 aliphatic heterocycles. The van der Waals surface area contributed by atoms with Gasteiger partial charge in [-0.25, -0.2) is 0 Å². The van der Waals surface area contributed by atoms with Crippen molar-refractivity contribution < 1.29 is 0 Å². The zero-order chi connectivity index (χ0) is 9.68. The number of nitrogens with one attached hydrogen (secondary N) is 1. The standard InChI is InChI=1S/C11H16ClN/c1-9(2)6-7-13-11-5-3-4-10(12)8-11/h3-5,8-9,13H,6-7H2,1-2H3. The molecule has 72 valence electrons. The van der Waals surface area contributed by atoms with Gasteiger partial charge in [-0.1, -0.05) is 31.5 Å². The molecule has 0 atom stereocenters. The second-order valence-corrected chi connectivity index (χ2v) is 4.06. The first-order valence-corrected chi connectivity index (χ1v) is 5.05. The zero-order valence-electron chi connectivity index (χ0n) is 8.18. The summed E-state index contributed by atoms with van der Waals surface area (Å²) in [6.45, 7) is 5.46. The average Bonchev–Trinajstić information content (AvgIpc) is 2.03. The average molecular weight is 198 g/mol. The number of anilines is 1. The van der Waals surface area contributed by atoms with Crippen LogP contribution in [-0.4, -0.2) is 6.54 Å². The normalized spacial score (nSPS) is 10.5. The largest absolute Gasteiger partial charge is 0.385 e. The lowest BCUT2D eigenvalue weighted by Gasteiger charge is -2.08. The van der Waals surface area contributed by atoms with Gasteiger partial charge in [0, 0.05) is 17.3 Å². The van der Waals surface area contributed by atoms with E-state index in [0.29, 0.717) is 0 Å². The summed E-state index contributed by atoms with van der Waals surface area (Å²) < 4.78 is 0. The van der Waals surface area contributed by atoms with Crippen LogP contribution in [0.15, 0.2) is 24.3 Å². The third-order valence-corrected chi connectivity index (χ3v) is 2.11. The molecule has 13 heavy (non-hydrogen) atoms. The first kappa shape index (κ1) is 10.4. The molecule has 0 bridgehead atoms. The summed E-state index contributed by atoms with van der Waals surface area (Å²) in [5.41, 5.74) is 1.10. The quantitative estimate of drug-likeness (QED) is 0.775. The zero-order valence-corrected chi connectivity index (χ0v) is 8.93. The molecule has 1 N–H and O–H groups in total. The van der Waals surface area contributed by atoms with Gasteiger partial charge in [-0.3, -0.25) is 0 Å². The van der Waals surface area contributed by atoms with Crippen molar-refractivity contribution in [3.63, 3.8) is 0 Å². The van der Waals surface area contributed by atoms with E-state index in [-0.39, 0.29) is 0 Å². The minimum Gasteiger partial charge on any atom is -0.385 e. The first-order chi connectivity index (χ1) is 6.18. The monoisotopic (exact) mass is 197 g/mol. The lowest BCUT2D eigenvalue weighted by molar-refractivity contribution is 0.607. The third-order valence-electron chi connectivity index (χ3n) is 1.88. The SMILES string of the molecule is CC(C)CCNc1cccc(Cl)c1. The van der Waals surface area contributed by atoms with Gasteiger partial charge in [-0.2, -0.15) is 0 Å². The van der Waals surface area contributed by atoms with E-state index >= 15 is 0 Å². The van der Waals surface area contributed by atoms with E-state index in [2.05, 4.69) is 19.2 Å². The molecular weight excluding hydrogens is 182 g/mol. The van der Waals surface area contributed by atoms with E-state index in [1.54, 1.807) is 0 Å². The van der Waals surface area contributed by atoms with Crippen molar-refractivity contribution in [3.05, 3.63) is 29.3 Å². The fourth-order valence-corrected chi connectivity index (χ4v) is 1.29. The molecule has 0 spiro atoms. The van der Waals surface area contributed by atoms with Crippen LogP contribution in [0.1, 0.15) is 20.3 Å². The molecule has 0 unspecified atom stereocenters. The van der Waals surface area contributed by atoms with Crippen molar-refractivity contribution in [2.24, 2.45) is 5.92 Å². The molecular formula is C11H16ClN. The molecule has 0 aromatic heterocycles. The highest BCUT2D eigenvalue weighted by Crippen LogP contribution is 2.14. The highest BCUT2D eigenvalue weighted by Gasteiger charge is 1.95. The molecule has 0 amide bonds. The number of halogens is 1. The van der Waals surface area contributed by atoms with Crippen LogP contribution in [0, 0.1) is 5.92 Å². The molecule has 0 fully saturated rings. The van der Waals surface area contributed by atoms with Gasteiger partial charge in [0.05, 0.1) is 0 Å². The Kier molecular flexibility index (Phi) is 4.10. The molecule has 1 nitrogen and oxygen atoms in total. The summed E-state index contributed by atoms with van der Waals surface area (Å²) in [6, 6.07) is 7.82. The number of hydrogen-bond acceptors (Lipinski definition) is 1. The Bertz CT molecular complexity index is 258. The predicted molar refractivity (Wildman–Crippen MR) is 59.4 cm³/mol. The van der Waals surface area contributed by atoms with Gasteiger partial charge in [0.2, 0.25) is 0 Å². The van der Waals surface area contributed by atoms with Gasteiger partial charge in [0.1, 0.15) is 0 Å². The molecule has 0 radical (unpaired) electrons. The van der Waals surface area contributed by atoms with Gasteiger partial charge in [0.15, 0.2) is 0 Å². The van der Waals surface area contributed by atoms with Crippen LogP contribution in [0.5, 0.6) is 0 Å². The molecule has 0 aliphatic carbocycles. The minimum atomic E-state index is 0.742. The fourth-order valence-electron chi connectivity index (χ4n) is 1.10. The highest BCUT2D eigenvalue weighted by atomic mass is 35.5. The van der Waals surface area contributed by atoms with E-state index in [1.165, 1.54) is 6.42 Å². The highest BCUT2D eigenvalue weighted by molar-refractivity contribution is 6.30. The molecule has 2 heteroatoms. The lowest BCUT2D eigenvalue weighted by atomic mass is 10.1. The molecule has 0 heterocycles. The van der Waals surface area contributed by atoms with Gasteiger partial charge in [0.25, 0.3) is 0 Å². The van der Waals surface area contributed by atoms with Crippen molar-refractivity contribution in [1.82, 2.24) is 0 Å². The van der Waals surface area contributed by atoms with Crippen LogP contribution in [0.25, 0.3) is 0 Å². The maximum atomic E-state index is 5.85. The topological polar surface area (TPSA) is 12.0 Å². The van der Waals surface area contributed by atoms with Crippen LogP contribution in [-0.2, 0) is 0 Å². The summed E-state index contributed by atoms with van der Waals surface area (Å²) in [5.74, 6) is 0.742. The molecule has 0 aliphatic rings. The van der Waals surface area contributed by atoms with Crippen molar-refractivity contribution in [1.29, 1.82) is 0 Å². The van der Waals surface area contributed by atoms with E-state index in [4.69, 9.17) is 11.6 Å². The van der Waals surface area contributed by atoms with Gasteiger partial charge in [-0.15, -0.1) is 0 Å². The maximum Gasteiger partial charge on any atom is 0.0426 e. The summed E-state index contributed by atoms with van der Waals surface area (Å²) in [7, 11) is 0. The van der Waals surface area contributed by atoms with Crippen LogP contribution in [0.3, 0.4) is 0 Å². The first-order valence-electron chi connectivity index (χ1n) is 4.68. The molecule has 0 saturated carbocycles. The van der Waals surface area contributed by atoms with E-state index < -0.39 is 0 Å². The van der Waals surface area contributed by atoms with E-state index in [9.17, 15) is 0 Å². The van der Waals surface area contributed by atoms with Crippen molar-refractivity contribution in [2.75, 3.05) is 11.9 Å². The van der Waals surface area contributed by atoms with Gasteiger partial charge in [-0.05, 0) is 30.5 Å². The Morgan fingerprint density at radius 2 is 2.15 bits per heavy atom. The Hall–Kier alpha value is -0.690. The Balaban J connectivity index is 2.37. The second kappa shape index (κ2) is 5.13. The minimum absolute atomic E-state index is 0.742. The molecule has 0 saturated heterocycles. The smallest absolute Gasteiger partial charge is 0.0426 e. The number of hydrogen-bond donors (Lipinski definition) is 1. The van der Waals surface area contributed by atoms with Crippen LogP contribution in [0.4, 0.5) is 5.69 Å². The van der Waals surface area contributed by atoms with E-state index in [0.717, 1.165) is 23.2 Å². The van der Waals surface area contributed by atoms with Crippen molar-refractivity contribution in [2.45, 2.75) is 20.3 Å². The molecule has 1 aromatic carbocycles. The third kappa shape index (κ3) is 4.18. The molecule has 1 aromatic rings. The summed E-state index contributed by atoms with van der Waals surface area (Å²) in [5, 5.41) is 4.12. The van der Waals surface area contributed by atoms with Crippen LogP contribution < -0.4 is 5.32 Å². The summed E-state index contributed by atoms with van der Waals surface area (Å²) in [4.78, 5) is 0. The van der Waals surface area contributed by atoms with Crippen molar-refractivity contribution >= 4 is 17.3 Å². The lowest BCUT2D eigenvalue weighted by Crippen LogP contribution is -2.04. The summed E-state index contributed by atoms with van der Waals surface area (Å²) in [6.07, 6.45) is 1.19. The van der Waals surface area contributed by atoms with Crippen LogP contribution in [0.2, 0.25) is 5.02 Å². The predicted octanol–water partition coefficient (Wildman–Crippen LogP) is 3.80. The second-order valence-electron chi connectivity index (χ2n) is 3.62. The van der Waals surface area contributed by atoms with Crippen LogP contribution >= 0.6 is 11.6 Å². The Morgan fingerprint density at radius 3 is 2.77 bits per heavy atom. The maximum absolute atomic E-state index is 5.85. The van der Waals surface area contributed by atoms with Gasteiger partial charge < -0.3 is 5.32 Å². The number of rotatable bonds is 4. The Labute approximate surface area is 85.1 Å².